The number of rotatable bonds is 1. The summed E-state index contributed by atoms with van der Waals surface area (Å²) in [6.45, 7) is 0. The fraction of sp³-hybridized carbons (Fsp3) is 0. The highest BCUT2D eigenvalue weighted by Crippen LogP contribution is 2.25. The van der Waals surface area contributed by atoms with Crippen molar-refractivity contribution in [3.63, 3.8) is 0 Å². The third-order valence-electron chi connectivity index (χ3n) is 1.22. The zero-order valence-electron chi connectivity index (χ0n) is 5.52. The van der Waals surface area contributed by atoms with Crippen LogP contribution in [0.5, 0.6) is 5.88 Å². The Bertz CT molecular complexity index is 339. The first kappa shape index (κ1) is 6.42. The largest absolute Gasteiger partial charge is 0.493 e. The van der Waals surface area contributed by atoms with Crippen molar-refractivity contribution in [3.05, 3.63) is 23.8 Å². The Morgan fingerprint density at radius 3 is 3.00 bits per heavy atom. The Kier molecular flexibility index (Phi) is 1.40. The molecule has 4 heteroatoms. The second-order valence-electron chi connectivity index (χ2n) is 1.99. The van der Waals surface area contributed by atoms with Crippen LogP contribution in [0.3, 0.4) is 0 Å². The first-order chi connectivity index (χ1) is 5.36. The normalized spacial score (nSPS) is 10.2. The standard InChI is InChI=1S/C7H5NO2S/c9-6-4-11-7(8-6)5-2-1-3-10-5/h1-4,9H. The SMILES string of the molecule is Oc1csc(-c2ccco2)n1. The number of aromatic nitrogens is 1. The van der Waals surface area contributed by atoms with Crippen LogP contribution in [0.4, 0.5) is 0 Å². The number of furan rings is 1. The summed E-state index contributed by atoms with van der Waals surface area (Å²) in [5, 5.41) is 11.2. The van der Waals surface area contributed by atoms with E-state index >= 15 is 0 Å². The monoisotopic (exact) mass is 167 g/mol. The molecule has 2 aromatic heterocycles. The third kappa shape index (κ3) is 1.12. The van der Waals surface area contributed by atoms with Crippen molar-refractivity contribution in [2.24, 2.45) is 0 Å². The van der Waals surface area contributed by atoms with Gasteiger partial charge in [0, 0.05) is 0 Å². The Balaban J connectivity index is 2.45. The minimum Gasteiger partial charge on any atom is -0.493 e. The molecule has 0 aromatic carbocycles. The summed E-state index contributed by atoms with van der Waals surface area (Å²) in [7, 11) is 0. The van der Waals surface area contributed by atoms with Crippen LogP contribution < -0.4 is 0 Å². The van der Waals surface area contributed by atoms with E-state index in [1.807, 2.05) is 0 Å². The van der Waals surface area contributed by atoms with Gasteiger partial charge in [-0.25, -0.2) is 0 Å². The van der Waals surface area contributed by atoms with E-state index in [-0.39, 0.29) is 5.88 Å². The van der Waals surface area contributed by atoms with Crippen molar-refractivity contribution in [2.45, 2.75) is 0 Å². The molecule has 0 atom stereocenters. The van der Waals surface area contributed by atoms with Crippen LogP contribution in [0.2, 0.25) is 0 Å². The summed E-state index contributed by atoms with van der Waals surface area (Å²) in [6.07, 6.45) is 1.58. The minimum absolute atomic E-state index is 0.0430. The molecular formula is C7H5NO2S. The van der Waals surface area contributed by atoms with E-state index in [0.717, 1.165) is 0 Å². The lowest BCUT2D eigenvalue weighted by atomic mass is 10.5. The van der Waals surface area contributed by atoms with Gasteiger partial charge < -0.3 is 9.52 Å². The summed E-state index contributed by atoms with van der Waals surface area (Å²) in [5.41, 5.74) is 0. The van der Waals surface area contributed by atoms with Gasteiger partial charge in [0.1, 0.15) is 0 Å². The van der Waals surface area contributed by atoms with Gasteiger partial charge >= 0.3 is 0 Å². The average Bonchev–Trinajstić information content (AvgIpc) is 2.55. The number of thiazole rings is 1. The highest BCUT2D eigenvalue weighted by molar-refractivity contribution is 7.13. The lowest BCUT2D eigenvalue weighted by molar-refractivity contribution is 0.457. The summed E-state index contributed by atoms with van der Waals surface area (Å²) in [4.78, 5) is 3.83. The molecule has 0 spiro atoms. The van der Waals surface area contributed by atoms with Crippen molar-refractivity contribution < 1.29 is 9.52 Å². The van der Waals surface area contributed by atoms with Gasteiger partial charge in [0.2, 0.25) is 5.88 Å². The Labute approximate surface area is 66.9 Å². The van der Waals surface area contributed by atoms with E-state index in [2.05, 4.69) is 4.98 Å². The van der Waals surface area contributed by atoms with Crippen molar-refractivity contribution in [1.82, 2.24) is 4.98 Å². The molecular weight excluding hydrogens is 162 g/mol. The van der Waals surface area contributed by atoms with Crippen LogP contribution in [0.25, 0.3) is 10.8 Å². The van der Waals surface area contributed by atoms with Gasteiger partial charge in [0.05, 0.1) is 11.6 Å². The maximum atomic E-state index is 8.91. The molecule has 2 aromatic rings. The fourth-order valence-electron chi connectivity index (χ4n) is 0.779. The summed E-state index contributed by atoms with van der Waals surface area (Å²) in [5.74, 6) is 0.733. The number of nitrogens with zero attached hydrogens (tertiary/aromatic N) is 1. The van der Waals surface area contributed by atoms with Crippen molar-refractivity contribution in [2.75, 3.05) is 0 Å². The minimum atomic E-state index is 0.0430. The van der Waals surface area contributed by atoms with Crippen LogP contribution in [0.15, 0.2) is 28.2 Å². The van der Waals surface area contributed by atoms with Gasteiger partial charge in [-0.15, -0.1) is 11.3 Å². The summed E-state index contributed by atoms with van der Waals surface area (Å²) < 4.78 is 5.07. The molecule has 0 aliphatic carbocycles. The number of aromatic hydroxyl groups is 1. The van der Waals surface area contributed by atoms with Gasteiger partial charge in [-0.05, 0) is 12.1 Å². The lowest BCUT2D eigenvalue weighted by Gasteiger charge is -1.84. The van der Waals surface area contributed by atoms with Crippen molar-refractivity contribution in [1.29, 1.82) is 0 Å². The molecule has 0 saturated heterocycles. The third-order valence-corrected chi connectivity index (χ3v) is 2.07. The maximum Gasteiger partial charge on any atom is 0.222 e. The molecule has 0 unspecified atom stereocenters. The maximum absolute atomic E-state index is 8.91. The Morgan fingerprint density at radius 2 is 2.45 bits per heavy atom. The molecule has 11 heavy (non-hydrogen) atoms. The zero-order chi connectivity index (χ0) is 7.68. The second-order valence-corrected chi connectivity index (χ2v) is 2.85. The molecule has 2 heterocycles. The number of hydrogen-bond acceptors (Lipinski definition) is 4. The molecule has 0 saturated carbocycles. The van der Waals surface area contributed by atoms with Crippen LogP contribution in [0.1, 0.15) is 0 Å². The van der Waals surface area contributed by atoms with Crippen molar-refractivity contribution >= 4 is 11.3 Å². The molecule has 56 valence electrons. The molecule has 0 radical (unpaired) electrons. The van der Waals surface area contributed by atoms with Crippen LogP contribution >= 0.6 is 11.3 Å². The lowest BCUT2D eigenvalue weighted by Crippen LogP contribution is -1.67. The van der Waals surface area contributed by atoms with Gasteiger partial charge in [0.25, 0.3) is 0 Å². The molecule has 2 rings (SSSR count). The number of hydrogen-bond donors (Lipinski definition) is 1. The van der Waals surface area contributed by atoms with Crippen LogP contribution in [-0.2, 0) is 0 Å². The van der Waals surface area contributed by atoms with Gasteiger partial charge in [0.15, 0.2) is 10.8 Å². The molecule has 0 aliphatic heterocycles. The second kappa shape index (κ2) is 2.39. The quantitative estimate of drug-likeness (QED) is 0.707. The molecule has 0 fully saturated rings. The summed E-state index contributed by atoms with van der Waals surface area (Å²) >= 11 is 1.35. The van der Waals surface area contributed by atoms with E-state index in [4.69, 9.17) is 9.52 Å². The highest BCUT2D eigenvalue weighted by Gasteiger charge is 2.04. The molecule has 1 N–H and O–H groups in total. The van der Waals surface area contributed by atoms with E-state index in [1.54, 1.807) is 23.8 Å². The van der Waals surface area contributed by atoms with Gasteiger partial charge in [-0.3, -0.25) is 0 Å². The van der Waals surface area contributed by atoms with E-state index in [9.17, 15) is 0 Å². The smallest absolute Gasteiger partial charge is 0.222 e. The molecule has 3 nitrogen and oxygen atoms in total. The zero-order valence-corrected chi connectivity index (χ0v) is 6.34. The molecule has 0 bridgehead atoms. The molecule has 0 aliphatic rings. The van der Waals surface area contributed by atoms with Crippen molar-refractivity contribution in [3.8, 4) is 16.6 Å². The Hall–Kier alpha value is -1.29. The van der Waals surface area contributed by atoms with Gasteiger partial charge in [-0.2, -0.15) is 4.98 Å². The first-order valence-electron chi connectivity index (χ1n) is 3.04. The summed E-state index contributed by atoms with van der Waals surface area (Å²) in [6, 6.07) is 3.59. The van der Waals surface area contributed by atoms with E-state index in [1.165, 1.54) is 11.3 Å². The molecule has 0 amide bonds. The van der Waals surface area contributed by atoms with Crippen LogP contribution in [-0.4, -0.2) is 10.1 Å². The Morgan fingerprint density at radius 1 is 1.55 bits per heavy atom. The van der Waals surface area contributed by atoms with Gasteiger partial charge in [-0.1, -0.05) is 0 Å². The topological polar surface area (TPSA) is 46.3 Å². The predicted molar refractivity (Wildman–Crippen MR) is 41.5 cm³/mol. The first-order valence-corrected chi connectivity index (χ1v) is 3.92. The van der Waals surface area contributed by atoms with Crippen LogP contribution in [0, 0.1) is 0 Å². The fourth-order valence-corrected chi connectivity index (χ4v) is 1.43. The average molecular weight is 167 g/mol. The highest BCUT2D eigenvalue weighted by atomic mass is 32.1. The predicted octanol–water partition coefficient (Wildman–Crippen LogP) is 2.11. The van der Waals surface area contributed by atoms with E-state index in [0.29, 0.717) is 10.8 Å². The van der Waals surface area contributed by atoms with E-state index < -0.39 is 0 Å².